The Hall–Kier alpha value is -5.08. The van der Waals surface area contributed by atoms with Gasteiger partial charge >= 0.3 is 0 Å². The highest BCUT2D eigenvalue weighted by Gasteiger charge is 2.31. The van der Waals surface area contributed by atoms with E-state index in [9.17, 15) is 0 Å². The van der Waals surface area contributed by atoms with Crippen LogP contribution in [0.3, 0.4) is 0 Å². The second-order valence-corrected chi connectivity index (χ2v) is 12.1. The third kappa shape index (κ3) is 3.94. The Bertz CT molecular complexity index is 2140. The number of hydrogen-bond acceptors (Lipinski definition) is 1. The lowest BCUT2D eigenvalue weighted by Gasteiger charge is -2.43. The second kappa shape index (κ2) is 9.74. The summed E-state index contributed by atoms with van der Waals surface area (Å²) in [5.74, 6) is 0. The maximum Gasteiger partial charge on any atom is 0.0541 e. The molecule has 2 aliphatic rings. The summed E-state index contributed by atoms with van der Waals surface area (Å²) in [4.78, 5) is 2.62. The predicted molar refractivity (Wildman–Crippen MR) is 181 cm³/mol. The van der Waals surface area contributed by atoms with E-state index in [0.29, 0.717) is 6.04 Å². The highest BCUT2D eigenvalue weighted by molar-refractivity contribution is 6.10. The molecule has 1 atom stereocenters. The van der Waals surface area contributed by atoms with Gasteiger partial charge in [-0.2, -0.15) is 0 Å². The number of benzene rings is 6. The molecule has 43 heavy (non-hydrogen) atoms. The van der Waals surface area contributed by atoms with Crippen molar-refractivity contribution in [3.05, 3.63) is 151 Å². The Morgan fingerprint density at radius 3 is 1.88 bits per heavy atom. The quantitative estimate of drug-likeness (QED) is 0.212. The molecular weight excluding hydrogens is 520 g/mol. The summed E-state index contributed by atoms with van der Waals surface area (Å²) in [5, 5.41) is 2.57. The van der Waals surface area contributed by atoms with Crippen LogP contribution in [-0.2, 0) is 12.8 Å². The molecule has 0 fully saturated rings. The molecule has 1 aromatic heterocycles. The monoisotopic (exact) mass is 552 g/mol. The van der Waals surface area contributed by atoms with Crippen molar-refractivity contribution in [2.24, 2.45) is 0 Å². The molecule has 0 saturated carbocycles. The standard InChI is InChI=1S/C41H32N2/c1-2-9-34(10-3-1)43-40-13-7-5-11-36(40)37-27-32(21-25-41(37)43)29-16-14-28(15-17-29)31-20-24-39-33(26-31)19-23-35-22-18-30-8-4-6-12-38(30)42(35)39/h1-17,20-21,24-27,35H,18-19,22-23H2. The Labute approximate surface area is 252 Å². The van der Waals surface area contributed by atoms with Crippen molar-refractivity contribution in [2.45, 2.75) is 31.7 Å². The van der Waals surface area contributed by atoms with Gasteiger partial charge in [-0.05, 0) is 108 Å². The fourth-order valence-electron chi connectivity index (χ4n) is 7.59. The van der Waals surface area contributed by atoms with Crippen molar-refractivity contribution in [1.82, 2.24) is 4.57 Å². The smallest absolute Gasteiger partial charge is 0.0541 e. The zero-order chi connectivity index (χ0) is 28.3. The summed E-state index contributed by atoms with van der Waals surface area (Å²) in [6.07, 6.45) is 4.82. The minimum Gasteiger partial charge on any atom is -0.338 e. The first-order chi connectivity index (χ1) is 21.3. The first kappa shape index (κ1) is 24.5. The van der Waals surface area contributed by atoms with Crippen LogP contribution in [0.25, 0.3) is 49.7 Å². The van der Waals surface area contributed by atoms with Crippen LogP contribution in [0, 0.1) is 0 Å². The van der Waals surface area contributed by atoms with Gasteiger partial charge in [0.2, 0.25) is 0 Å². The zero-order valence-electron chi connectivity index (χ0n) is 24.1. The van der Waals surface area contributed by atoms with Crippen molar-refractivity contribution in [2.75, 3.05) is 4.90 Å². The van der Waals surface area contributed by atoms with Crippen LogP contribution in [0.5, 0.6) is 0 Å². The van der Waals surface area contributed by atoms with Crippen molar-refractivity contribution >= 4 is 33.2 Å². The summed E-state index contributed by atoms with van der Waals surface area (Å²) in [7, 11) is 0. The molecular formula is C41H32N2. The first-order valence-electron chi connectivity index (χ1n) is 15.5. The van der Waals surface area contributed by atoms with E-state index in [1.165, 1.54) is 91.5 Å². The van der Waals surface area contributed by atoms with Crippen molar-refractivity contribution < 1.29 is 0 Å². The molecule has 1 unspecified atom stereocenters. The maximum atomic E-state index is 2.62. The van der Waals surface area contributed by atoms with Crippen molar-refractivity contribution in [1.29, 1.82) is 0 Å². The highest BCUT2D eigenvalue weighted by Crippen LogP contribution is 2.44. The molecule has 2 aliphatic heterocycles. The molecule has 3 heterocycles. The van der Waals surface area contributed by atoms with Gasteiger partial charge in [0.05, 0.1) is 11.0 Å². The van der Waals surface area contributed by atoms with E-state index in [2.05, 4.69) is 149 Å². The Balaban J connectivity index is 1.06. The van der Waals surface area contributed by atoms with Crippen LogP contribution in [0.4, 0.5) is 11.4 Å². The van der Waals surface area contributed by atoms with Gasteiger partial charge in [0.15, 0.2) is 0 Å². The lowest BCUT2D eigenvalue weighted by molar-refractivity contribution is 0.518. The number of aryl methyl sites for hydroxylation is 2. The Morgan fingerprint density at radius 1 is 0.442 bits per heavy atom. The lowest BCUT2D eigenvalue weighted by atomic mass is 9.86. The summed E-state index contributed by atoms with van der Waals surface area (Å²) < 4.78 is 2.37. The van der Waals surface area contributed by atoms with Gasteiger partial charge in [-0.1, -0.05) is 91.0 Å². The molecule has 7 aromatic rings. The Kier molecular flexibility index (Phi) is 5.55. The van der Waals surface area contributed by atoms with Crippen LogP contribution >= 0.6 is 0 Å². The van der Waals surface area contributed by atoms with Crippen LogP contribution < -0.4 is 4.90 Å². The van der Waals surface area contributed by atoms with E-state index in [0.717, 1.165) is 6.42 Å². The van der Waals surface area contributed by atoms with E-state index in [1.807, 2.05) is 0 Å². The molecule has 2 heteroatoms. The SMILES string of the molecule is c1ccc(-n2c3ccccc3c3cc(-c4ccc(-c5ccc6c(c5)CCC5CCc7ccccc7N65)cc4)ccc32)cc1. The molecule has 0 amide bonds. The van der Waals surface area contributed by atoms with Gasteiger partial charge < -0.3 is 9.47 Å². The van der Waals surface area contributed by atoms with Gasteiger partial charge in [-0.3, -0.25) is 0 Å². The molecule has 0 spiro atoms. The number of para-hydroxylation sites is 3. The number of fused-ring (bicyclic) bond motifs is 8. The number of anilines is 2. The summed E-state index contributed by atoms with van der Waals surface area (Å²) in [6, 6.07) is 52.1. The van der Waals surface area contributed by atoms with Crippen LogP contribution in [0.2, 0.25) is 0 Å². The van der Waals surface area contributed by atoms with Gasteiger partial charge in [-0.15, -0.1) is 0 Å². The molecule has 2 nitrogen and oxygen atoms in total. The van der Waals surface area contributed by atoms with Gasteiger partial charge in [-0.25, -0.2) is 0 Å². The minimum absolute atomic E-state index is 0.617. The summed E-state index contributed by atoms with van der Waals surface area (Å²) in [6.45, 7) is 0. The molecule has 206 valence electrons. The third-order valence-electron chi connectivity index (χ3n) is 9.69. The van der Waals surface area contributed by atoms with E-state index >= 15 is 0 Å². The van der Waals surface area contributed by atoms with Gasteiger partial charge in [0.25, 0.3) is 0 Å². The van der Waals surface area contributed by atoms with Gasteiger partial charge in [0.1, 0.15) is 0 Å². The predicted octanol–water partition coefficient (Wildman–Crippen LogP) is 10.5. The number of rotatable bonds is 3. The lowest BCUT2D eigenvalue weighted by Crippen LogP contribution is -2.39. The Morgan fingerprint density at radius 2 is 1.05 bits per heavy atom. The number of nitrogens with zero attached hydrogens (tertiary/aromatic N) is 2. The average Bonchev–Trinajstić information content (AvgIpc) is 3.42. The third-order valence-corrected chi connectivity index (χ3v) is 9.69. The minimum atomic E-state index is 0.617. The normalized spacial score (nSPS) is 15.7. The fourth-order valence-corrected chi connectivity index (χ4v) is 7.59. The first-order valence-corrected chi connectivity index (χ1v) is 15.5. The van der Waals surface area contributed by atoms with E-state index in [-0.39, 0.29) is 0 Å². The van der Waals surface area contributed by atoms with Crippen LogP contribution in [0.15, 0.2) is 140 Å². The maximum absolute atomic E-state index is 2.62. The fraction of sp³-hybridized carbons (Fsp3) is 0.122. The van der Waals surface area contributed by atoms with E-state index in [4.69, 9.17) is 0 Å². The zero-order valence-corrected chi connectivity index (χ0v) is 24.1. The molecule has 0 bridgehead atoms. The summed E-state index contributed by atoms with van der Waals surface area (Å²) >= 11 is 0. The highest BCUT2D eigenvalue weighted by atomic mass is 15.2. The average molecular weight is 553 g/mol. The molecule has 6 aromatic carbocycles. The van der Waals surface area contributed by atoms with Gasteiger partial charge in [0, 0.05) is 33.9 Å². The van der Waals surface area contributed by atoms with Crippen molar-refractivity contribution in [3.8, 4) is 27.9 Å². The molecule has 9 rings (SSSR count). The number of hydrogen-bond donors (Lipinski definition) is 0. The molecule has 0 radical (unpaired) electrons. The second-order valence-electron chi connectivity index (χ2n) is 12.1. The molecule has 0 saturated heterocycles. The van der Waals surface area contributed by atoms with Crippen LogP contribution in [0.1, 0.15) is 24.0 Å². The van der Waals surface area contributed by atoms with Crippen LogP contribution in [-0.4, -0.2) is 10.6 Å². The molecule has 0 aliphatic carbocycles. The van der Waals surface area contributed by atoms with Crippen molar-refractivity contribution in [3.63, 3.8) is 0 Å². The van der Waals surface area contributed by atoms with E-state index < -0.39 is 0 Å². The summed E-state index contributed by atoms with van der Waals surface area (Å²) in [5.41, 5.74) is 14.5. The van der Waals surface area contributed by atoms with E-state index in [1.54, 1.807) is 0 Å². The largest absolute Gasteiger partial charge is 0.338 e. The topological polar surface area (TPSA) is 8.17 Å². The number of aromatic nitrogens is 1. The molecule has 0 N–H and O–H groups in total.